The summed E-state index contributed by atoms with van der Waals surface area (Å²) in [4.78, 5) is 58.3. The minimum absolute atomic E-state index is 0.201. The molecule has 0 aromatic rings. The average Bonchev–Trinajstić information content (AvgIpc) is 2.64. The van der Waals surface area contributed by atoms with Crippen molar-refractivity contribution in [1.82, 2.24) is 16.0 Å². The lowest BCUT2D eigenvalue weighted by Gasteiger charge is -2.26. The van der Waals surface area contributed by atoms with Gasteiger partial charge in [0.2, 0.25) is 17.7 Å². The first-order chi connectivity index (χ1) is 13.8. The summed E-state index contributed by atoms with van der Waals surface area (Å²) in [5.74, 6) is -5.75. The first kappa shape index (κ1) is 27.6. The third-order valence-electron chi connectivity index (χ3n) is 3.93. The number of rotatable bonds is 13. The number of carboxylic acid groups (broad SMARTS) is 2. The van der Waals surface area contributed by atoms with E-state index < -0.39 is 66.0 Å². The number of aliphatic carboxylic acids is 2. The van der Waals surface area contributed by atoms with Crippen molar-refractivity contribution in [2.24, 2.45) is 5.73 Å². The summed E-state index contributed by atoms with van der Waals surface area (Å²) >= 11 is 3.91. The lowest BCUT2D eigenvalue weighted by molar-refractivity contribution is -0.145. The lowest BCUT2D eigenvalue weighted by Crippen LogP contribution is -2.60. The normalized spacial score (nSPS) is 16.9. The van der Waals surface area contributed by atoms with Crippen LogP contribution in [-0.2, 0) is 24.0 Å². The molecule has 0 bridgehead atoms. The molecule has 14 heteroatoms. The molecule has 0 heterocycles. The van der Waals surface area contributed by atoms with Gasteiger partial charge in [-0.2, -0.15) is 12.6 Å². The van der Waals surface area contributed by atoms with Crippen LogP contribution < -0.4 is 21.7 Å². The zero-order chi connectivity index (χ0) is 23.6. The van der Waals surface area contributed by atoms with E-state index in [1.807, 2.05) is 5.32 Å². The van der Waals surface area contributed by atoms with Crippen LogP contribution in [0.1, 0.15) is 26.7 Å². The Morgan fingerprint density at radius 3 is 1.77 bits per heavy atom. The minimum atomic E-state index is -1.63. The summed E-state index contributed by atoms with van der Waals surface area (Å²) < 4.78 is 0. The number of carbonyl (C=O) groups excluding carboxylic acids is 3. The van der Waals surface area contributed by atoms with Crippen molar-refractivity contribution in [2.75, 3.05) is 5.75 Å². The van der Waals surface area contributed by atoms with Crippen molar-refractivity contribution in [3.63, 3.8) is 0 Å². The van der Waals surface area contributed by atoms with Crippen LogP contribution in [0.4, 0.5) is 0 Å². The maximum atomic E-state index is 12.4. The fraction of sp³-hybridized carbons (Fsp3) is 0.688. The Labute approximate surface area is 177 Å². The first-order valence-corrected chi connectivity index (χ1v) is 9.53. The maximum Gasteiger partial charge on any atom is 0.328 e. The van der Waals surface area contributed by atoms with Crippen LogP contribution in [0.2, 0.25) is 0 Å². The van der Waals surface area contributed by atoms with Crippen LogP contribution in [0, 0.1) is 0 Å². The number of carbonyl (C=O) groups is 5. The van der Waals surface area contributed by atoms with Crippen LogP contribution in [0.15, 0.2) is 0 Å². The van der Waals surface area contributed by atoms with Gasteiger partial charge in [0.1, 0.15) is 12.1 Å². The Morgan fingerprint density at radius 1 is 0.867 bits per heavy atom. The molecule has 0 rings (SSSR count). The van der Waals surface area contributed by atoms with Crippen LogP contribution in [0.3, 0.4) is 0 Å². The topological polar surface area (TPSA) is 228 Å². The van der Waals surface area contributed by atoms with Crippen molar-refractivity contribution in [3.05, 3.63) is 0 Å². The Morgan fingerprint density at radius 2 is 1.37 bits per heavy atom. The lowest BCUT2D eigenvalue weighted by atomic mass is 10.1. The van der Waals surface area contributed by atoms with E-state index in [9.17, 15) is 34.2 Å². The number of aliphatic hydroxyl groups is 2. The van der Waals surface area contributed by atoms with E-state index in [1.165, 1.54) is 6.92 Å². The predicted octanol–water partition coefficient (Wildman–Crippen LogP) is -3.59. The van der Waals surface area contributed by atoms with E-state index in [0.717, 1.165) is 6.92 Å². The Kier molecular flexibility index (Phi) is 11.9. The molecule has 0 saturated heterocycles. The van der Waals surface area contributed by atoms with Crippen molar-refractivity contribution < 1.29 is 44.4 Å². The second-order valence-corrected chi connectivity index (χ2v) is 6.94. The molecule has 6 unspecified atom stereocenters. The number of thiol groups is 1. The number of nitrogens with two attached hydrogens (primary N) is 1. The zero-order valence-electron chi connectivity index (χ0n) is 16.4. The summed E-state index contributed by atoms with van der Waals surface area (Å²) in [5, 5.41) is 43.3. The number of hydrogen-bond donors (Lipinski definition) is 9. The quantitative estimate of drug-likeness (QED) is 0.125. The van der Waals surface area contributed by atoms with Crippen molar-refractivity contribution in [3.8, 4) is 0 Å². The fourth-order valence-electron chi connectivity index (χ4n) is 2.17. The van der Waals surface area contributed by atoms with Gasteiger partial charge in [0, 0.05) is 12.2 Å². The van der Waals surface area contributed by atoms with Gasteiger partial charge < -0.3 is 42.1 Å². The molecule has 0 aliphatic rings. The number of aliphatic hydroxyl groups excluding tert-OH is 2. The highest BCUT2D eigenvalue weighted by atomic mass is 32.1. The molecular weight excluding hydrogens is 424 g/mol. The third-order valence-corrected chi connectivity index (χ3v) is 4.30. The van der Waals surface area contributed by atoms with Gasteiger partial charge in [0.15, 0.2) is 6.04 Å². The molecular formula is C16H28N4O9S. The van der Waals surface area contributed by atoms with Gasteiger partial charge in [-0.3, -0.25) is 19.2 Å². The molecule has 172 valence electrons. The van der Waals surface area contributed by atoms with E-state index in [2.05, 4.69) is 23.3 Å². The summed E-state index contributed by atoms with van der Waals surface area (Å²) in [6.45, 7) is 2.34. The number of nitrogens with one attached hydrogen (secondary N) is 3. The molecule has 0 aliphatic carbocycles. The average molecular weight is 452 g/mol. The third kappa shape index (κ3) is 9.39. The zero-order valence-corrected chi connectivity index (χ0v) is 17.3. The fourth-order valence-corrected chi connectivity index (χ4v) is 2.43. The highest BCUT2D eigenvalue weighted by Crippen LogP contribution is 2.01. The number of carboxylic acids is 2. The monoisotopic (exact) mass is 452 g/mol. The van der Waals surface area contributed by atoms with Crippen molar-refractivity contribution in [1.29, 1.82) is 0 Å². The van der Waals surface area contributed by atoms with E-state index in [4.69, 9.17) is 15.9 Å². The standard InChI is InChI=1S/C16H28N4O9S/c1-6(21)11(19-13(25)8(17)3-4-10(23)24)15(27)18-9(5-30)14(26)20-12(7(2)22)16(28)29/h6-9,11-12,21-22,30H,3-5,17H2,1-2H3,(H,18,27)(H,19,25)(H,20,26)(H,23,24)(H,28,29). The van der Waals surface area contributed by atoms with Gasteiger partial charge in [0.05, 0.1) is 18.2 Å². The second kappa shape index (κ2) is 13.0. The minimum Gasteiger partial charge on any atom is -0.481 e. The first-order valence-electron chi connectivity index (χ1n) is 8.90. The molecule has 9 N–H and O–H groups in total. The van der Waals surface area contributed by atoms with Gasteiger partial charge in [0.25, 0.3) is 0 Å². The molecule has 0 radical (unpaired) electrons. The van der Waals surface area contributed by atoms with E-state index in [1.54, 1.807) is 0 Å². The highest BCUT2D eigenvalue weighted by Gasteiger charge is 2.33. The van der Waals surface area contributed by atoms with Gasteiger partial charge in [-0.15, -0.1) is 0 Å². The Bertz CT molecular complexity index is 644. The summed E-state index contributed by atoms with van der Waals surface area (Å²) in [7, 11) is 0. The molecule has 3 amide bonds. The Hall–Kier alpha value is -2.42. The van der Waals surface area contributed by atoms with Gasteiger partial charge in [-0.05, 0) is 20.3 Å². The Balaban J connectivity index is 5.13. The molecule has 0 aromatic heterocycles. The molecule has 30 heavy (non-hydrogen) atoms. The van der Waals surface area contributed by atoms with Crippen molar-refractivity contribution >= 4 is 42.3 Å². The highest BCUT2D eigenvalue weighted by molar-refractivity contribution is 7.80. The summed E-state index contributed by atoms with van der Waals surface area (Å²) in [6.07, 6.45) is -3.41. The van der Waals surface area contributed by atoms with Crippen LogP contribution >= 0.6 is 12.6 Å². The molecule has 0 saturated carbocycles. The van der Waals surface area contributed by atoms with Gasteiger partial charge in [-0.25, -0.2) is 4.79 Å². The maximum absolute atomic E-state index is 12.4. The SMILES string of the molecule is CC(O)C(NC(=O)C(CS)NC(=O)C(NC(=O)C(N)CCC(=O)O)C(C)O)C(=O)O. The molecule has 6 atom stereocenters. The molecule has 0 aliphatic heterocycles. The van der Waals surface area contributed by atoms with Gasteiger partial charge >= 0.3 is 11.9 Å². The predicted molar refractivity (Wildman–Crippen MR) is 105 cm³/mol. The van der Waals surface area contributed by atoms with E-state index >= 15 is 0 Å². The van der Waals surface area contributed by atoms with Crippen LogP contribution in [0.5, 0.6) is 0 Å². The second-order valence-electron chi connectivity index (χ2n) is 6.57. The summed E-state index contributed by atoms with van der Waals surface area (Å²) in [5.41, 5.74) is 5.56. The summed E-state index contributed by atoms with van der Waals surface area (Å²) in [6, 6.07) is -5.76. The van der Waals surface area contributed by atoms with Gasteiger partial charge in [-0.1, -0.05) is 0 Å². The van der Waals surface area contributed by atoms with Crippen LogP contribution in [-0.4, -0.2) is 92.2 Å². The van der Waals surface area contributed by atoms with E-state index in [-0.39, 0.29) is 18.6 Å². The van der Waals surface area contributed by atoms with E-state index in [0.29, 0.717) is 0 Å². The van der Waals surface area contributed by atoms with Crippen LogP contribution in [0.25, 0.3) is 0 Å². The molecule has 0 aromatic carbocycles. The molecule has 0 spiro atoms. The van der Waals surface area contributed by atoms with Crippen molar-refractivity contribution in [2.45, 2.75) is 63.1 Å². The number of hydrogen-bond acceptors (Lipinski definition) is 9. The smallest absolute Gasteiger partial charge is 0.328 e. The number of amides is 3. The molecule has 0 fully saturated rings. The largest absolute Gasteiger partial charge is 0.481 e. The molecule has 13 nitrogen and oxygen atoms in total.